The number of carbonyl (C=O) groups is 1. The summed E-state index contributed by atoms with van der Waals surface area (Å²) in [4.78, 5) is 16.3. The third kappa shape index (κ3) is 2.15. The summed E-state index contributed by atoms with van der Waals surface area (Å²) in [6, 6.07) is 16.5. The molecule has 3 rings (SSSR count). The number of hydrogen-bond acceptors (Lipinski definition) is 3. The molecular weight excluding hydrogens is 248 g/mol. The summed E-state index contributed by atoms with van der Waals surface area (Å²) in [6.07, 6.45) is 3.26. The van der Waals surface area contributed by atoms with Crippen molar-refractivity contribution >= 4 is 17.2 Å². The zero-order valence-corrected chi connectivity index (χ0v) is 10.6. The van der Waals surface area contributed by atoms with E-state index in [1.165, 1.54) is 6.08 Å². The summed E-state index contributed by atoms with van der Waals surface area (Å²) in [6.45, 7) is 0. The van der Waals surface area contributed by atoms with Crippen molar-refractivity contribution in [1.82, 2.24) is 0 Å². The minimum Gasteiger partial charge on any atom is -0.289 e. The lowest BCUT2D eigenvalue weighted by molar-refractivity contribution is 0.104. The molecule has 1 aliphatic rings. The molecule has 0 N–H and O–H groups in total. The Labute approximate surface area is 116 Å². The van der Waals surface area contributed by atoms with Crippen LogP contribution in [0.25, 0.3) is 0 Å². The van der Waals surface area contributed by atoms with Crippen LogP contribution in [0.3, 0.4) is 0 Å². The molecule has 0 saturated carbocycles. The molecule has 2 aromatic rings. The van der Waals surface area contributed by atoms with Gasteiger partial charge in [-0.3, -0.25) is 4.79 Å². The molecule has 0 spiro atoms. The lowest BCUT2D eigenvalue weighted by Gasteiger charge is -2.11. The summed E-state index contributed by atoms with van der Waals surface area (Å²) in [5, 5.41) is 8.77. The zero-order valence-electron chi connectivity index (χ0n) is 10.6. The third-order valence-corrected chi connectivity index (χ3v) is 3.11. The second-order valence-electron chi connectivity index (χ2n) is 4.40. The highest BCUT2D eigenvalue weighted by atomic mass is 16.1. The van der Waals surface area contributed by atoms with E-state index < -0.39 is 0 Å². The van der Waals surface area contributed by atoms with E-state index in [2.05, 4.69) is 11.1 Å². The van der Waals surface area contributed by atoms with Gasteiger partial charge in [-0.2, -0.15) is 5.26 Å². The Hall–Kier alpha value is -2.99. The Morgan fingerprint density at radius 3 is 2.30 bits per heavy atom. The Balaban J connectivity index is 2.06. The summed E-state index contributed by atoms with van der Waals surface area (Å²) in [7, 11) is 0. The van der Waals surface area contributed by atoms with Crippen molar-refractivity contribution in [2.24, 2.45) is 4.99 Å². The van der Waals surface area contributed by atoms with Gasteiger partial charge in [0, 0.05) is 11.1 Å². The highest BCUT2D eigenvalue weighted by Crippen LogP contribution is 2.21. The number of hydrogen-bond donors (Lipinski definition) is 0. The van der Waals surface area contributed by atoms with Gasteiger partial charge >= 0.3 is 0 Å². The molecule has 0 aromatic heterocycles. The van der Waals surface area contributed by atoms with Crippen LogP contribution in [0.2, 0.25) is 0 Å². The summed E-state index contributed by atoms with van der Waals surface area (Å²) >= 11 is 0. The molecule has 0 fully saturated rings. The van der Waals surface area contributed by atoms with Crippen molar-refractivity contribution in [2.75, 3.05) is 0 Å². The lowest BCUT2D eigenvalue weighted by atomic mass is 9.94. The largest absolute Gasteiger partial charge is 0.289 e. The summed E-state index contributed by atoms with van der Waals surface area (Å²) in [5.41, 5.74) is 3.62. The van der Waals surface area contributed by atoms with Crippen LogP contribution in [-0.4, -0.2) is 11.5 Å². The van der Waals surface area contributed by atoms with Crippen molar-refractivity contribution in [3.05, 3.63) is 77.4 Å². The highest BCUT2D eigenvalue weighted by Gasteiger charge is 2.16. The molecule has 0 bridgehead atoms. The number of carbonyl (C=O) groups excluding carboxylic acids is 1. The Bertz CT molecular complexity index is 777. The number of benzene rings is 2. The first kappa shape index (κ1) is 12.1. The molecule has 0 aliphatic heterocycles. The van der Waals surface area contributed by atoms with Gasteiger partial charge in [0.1, 0.15) is 0 Å². The maximum atomic E-state index is 11.8. The molecule has 0 amide bonds. The standard InChI is InChI=1S/C17H10N2O/c18-11-12-5-7-13(8-6-12)19-16-9-10-17(20)15-4-2-1-3-14(15)16/h1-10H. The van der Waals surface area contributed by atoms with Crippen LogP contribution in [0.4, 0.5) is 5.69 Å². The number of rotatable bonds is 1. The summed E-state index contributed by atoms with van der Waals surface area (Å²) < 4.78 is 0. The number of nitrogens with zero attached hydrogens (tertiary/aromatic N) is 2. The fourth-order valence-corrected chi connectivity index (χ4v) is 2.10. The first-order chi connectivity index (χ1) is 9.78. The van der Waals surface area contributed by atoms with Gasteiger partial charge in [0.25, 0.3) is 0 Å². The minimum atomic E-state index is -0.000576. The molecule has 1 aliphatic carbocycles. The van der Waals surface area contributed by atoms with Crippen LogP contribution in [0.5, 0.6) is 0 Å². The molecule has 0 heterocycles. The van der Waals surface area contributed by atoms with E-state index in [0.717, 1.165) is 17.0 Å². The number of allylic oxidation sites excluding steroid dienone is 2. The number of fused-ring (bicyclic) bond motifs is 1. The number of aliphatic imine (C=N–C) groups is 1. The smallest absolute Gasteiger partial charge is 0.186 e. The van der Waals surface area contributed by atoms with Crippen LogP contribution in [0, 0.1) is 11.3 Å². The average molecular weight is 258 g/mol. The molecule has 94 valence electrons. The van der Waals surface area contributed by atoms with Crippen LogP contribution < -0.4 is 0 Å². The van der Waals surface area contributed by atoms with E-state index in [4.69, 9.17) is 5.26 Å². The maximum absolute atomic E-state index is 11.8. The maximum Gasteiger partial charge on any atom is 0.186 e. The first-order valence-corrected chi connectivity index (χ1v) is 6.18. The molecule has 0 radical (unpaired) electrons. The van der Waals surface area contributed by atoms with E-state index in [9.17, 15) is 4.79 Å². The van der Waals surface area contributed by atoms with Gasteiger partial charge in [-0.05, 0) is 36.4 Å². The summed E-state index contributed by atoms with van der Waals surface area (Å²) in [5.74, 6) is -0.000576. The van der Waals surface area contributed by atoms with Crippen LogP contribution >= 0.6 is 0 Å². The molecule has 0 saturated heterocycles. The third-order valence-electron chi connectivity index (χ3n) is 3.11. The van der Waals surface area contributed by atoms with Gasteiger partial charge in [-0.25, -0.2) is 4.99 Å². The van der Waals surface area contributed by atoms with Crippen LogP contribution in [-0.2, 0) is 0 Å². The average Bonchev–Trinajstić information content (AvgIpc) is 2.51. The van der Waals surface area contributed by atoms with Gasteiger partial charge in [0.2, 0.25) is 0 Å². The monoisotopic (exact) mass is 258 g/mol. The fourth-order valence-electron chi connectivity index (χ4n) is 2.10. The number of nitriles is 1. The molecule has 0 atom stereocenters. The van der Waals surface area contributed by atoms with Crippen LogP contribution in [0.1, 0.15) is 21.5 Å². The van der Waals surface area contributed by atoms with Crippen LogP contribution in [0.15, 0.2) is 65.7 Å². The van der Waals surface area contributed by atoms with E-state index in [1.807, 2.05) is 18.2 Å². The molecule has 20 heavy (non-hydrogen) atoms. The van der Waals surface area contributed by atoms with Gasteiger partial charge in [-0.1, -0.05) is 24.3 Å². The fraction of sp³-hybridized carbons (Fsp3) is 0. The second kappa shape index (κ2) is 4.94. The number of ketones is 1. The molecule has 0 unspecified atom stereocenters. The van der Waals surface area contributed by atoms with Crippen molar-refractivity contribution in [3.63, 3.8) is 0 Å². The van der Waals surface area contributed by atoms with Gasteiger partial charge in [0.05, 0.1) is 23.0 Å². The van der Waals surface area contributed by atoms with E-state index in [1.54, 1.807) is 36.4 Å². The molecule has 3 heteroatoms. The first-order valence-electron chi connectivity index (χ1n) is 6.18. The van der Waals surface area contributed by atoms with Crippen molar-refractivity contribution in [1.29, 1.82) is 5.26 Å². The molecule has 3 nitrogen and oxygen atoms in total. The van der Waals surface area contributed by atoms with Gasteiger partial charge in [0.15, 0.2) is 5.78 Å². The Kier molecular flexibility index (Phi) is 2.98. The van der Waals surface area contributed by atoms with Crippen molar-refractivity contribution in [2.45, 2.75) is 0 Å². The quantitative estimate of drug-likeness (QED) is 0.786. The van der Waals surface area contributed by atoms with E-state index in [0.29, 0.717) is 11.1 Å². The minimum absolute atomic E-state index is 0.000576. The Morgan fingerprint density at radius 1 is 0.900 bits per heavy atom. The predicted molar refractivity (Wildman–Crippen MR) is 77.3 cm³/mol. The second-order valence-corrected chi connectivity index (χ2v) is 4.40. The van der Waals surface area contributed by atoms with E-state index >= 15 is 0 Å². The van der Waals surface area contributed by atoms with Gasteiger partial charge < -0.3 is 0 Å². The van der Waals surface area contributed by atoms with Crippen molar-refractivity contribution in [3.8, 4) is 6.07 Å². The molecular formula is C17H10N2O. The normalized spacial score (nSPS) is 14.9. The van der Waals surface area contributed by atoms with E-state index in [-0.39, 0.29) is 5.78 Å². The van der Waals surface area contributed by atoms with Crippen molar-refractivity contribution < 1.29 is 4.79 Å². The zero-order chi connectivity index (χ0) is 13.9. The topological polar surface area (TPSA) is 53.2 Å². The Morgan fingerprint density at radius 2 is 1.60 bits per heavy atom. The lowest BCUT2D eigenvalue weighted by Crippen LogP contribution is -2.11. The highest BCUT2D eigenvalue weighted by molar-refractivity contribution is 6.24. The predicted octanol–water partition coefficient (Wildman–Crippen LogP) is 3.43. The molecule has 2 aromatic carbocycles. The SMILES string of the molecule is N#Cc1ccc(N=C2C=CC(=O)c3ccccc32)cc1. The van der Waals surface area contributed by atoms with Gasteiger partial charge in [-0.15, -0.1) is 0 Å².